The highest BCUT2D eigenvalue weighted by atomic mass is 16.5. The van der Waals surface area contributed by atoms with E-state index in [-0.39, 0.29) is 5.41 Å². The first-order valence-electron chi connectivity index (χ1n) is 6.58. The Bertz CT molecular complexity index is 240. The Kier molecular flexibility index (Phi) is 3.98. The van der Waals surface area contributed by atoms with Crippen LogP contribution in [0.25, 0.3) is 0 Å². The number of ether oxygens (including phenoxy) is 1. The third-order valence-electron chi connectivity index (χ3n) is 4.36. The largest absolute Gasteiger partial charge is 0.381 e. The lowest BCUT2D eigenvalue weighted by atomic mass is 9.77. The van der Waals surface area contributed by atoms with Crippen molar-refractivity contribution < 1.29 is 9.53 Å². The highest BCUT2D eigenvalue weighted by Crippen LogP contribution is 2.40. The third kappa shape index (κ3) is 2.46. The maximum atomic E-state index is 12.3. The number of ketones is 1. The summed E-state index contributed by atoms with van der Waals surface area (Å²) in [7, 11) is 0. The van der Waals surface area contributed by atoms with Gasteiger partial charge in [-0.25, -0.2) is 0 Å². The average Bonchev–Trinajstić information content (AvgIpc) is 2.80. The molecule has 3 heteroatoms. The first-order valence-corrected chi connectivity index (χ1v) is 6.58. The molecule has 0 aromatic rings. The number of nitrogens with two attached hydrogens (primary N) is 1. The molecule has 1 saturated carbocycles. The highest BCUT2D eigenvalue weighted by molar-refractivity contribution is 5.85. The van der Waals surface area contributed by atoms with Crippen molar-refractivity contribution in [1.29, 1.82) is 0 Å². The molecule has 0 unspecified atom stereocenters. The second-order valence-electron chi connectivity index (χ2n) is 5.37. The number of rotatable bonds is 4. The van der Waals surface area contributed by atoms with Gasteiger partial charge < -0.3 is 10.5 Å². The summed E-state index contributed by atoms with van der Waals surface area (Å²) in [6, 6.07) is 0. The van der Waals surface area contributed by atoms with Crippen molar-refractivity contribution >= 4 is 5.78 Å². The Morgan fingerprint density at radius 3 is 2.44 bits per heavy atom. The number of hydrogen-bond acceptors (Lipinski definition) is 3. The van der Waals surface area contributed by atoms with Crippen molar-refractivity contribution in [2.45, 2.75) is 44.9 Å². The lowest BCUT2D eigenvalue weighted by Gasteiger charge is -2.29. The summed E-state index contributed by atoms with van der Waals surface area (Å²) in [5.41, 5.74) is 5.67. The zero-order valence-corrected chi connectivity index (χ0v) is 10.0. The molecule has 3 nitrogen and oxygen atoms in total. The summed E-state index contributed by atoms with van der Waals surface area (Å²) in [6.07, 6.45) is 7.23. The van der Waals surface area contributed by atoms with E-state index in [0.29, 0.717) is 18.2 Å². The molecule has 2 fully saturated rings. The van der Waals surface area contributed by atoms with Crippen molar-refractivity contribution in [1.82, 2.24) is 0 Å². The van der Waals surface area contributed by atoms with Crippen LogP contribution in [0.4, 0.5) is 0 Å². The van der Waals surface area contributed by atoms with Crippen LogP contribution < -0.4 is 5.73 Å². The van der Waals surface area contributed by atoms with Crippen LogP contribution in [0, 0.1) is 11.3 Å². The fourth-order valence-electron chi connectivity index (χ4n) is 3.08. The standard InChI is InChI=1S/C13H23NO2/c14-10-13(5-1-2-6-13)12(15)9-11-3-7-16-8-4-11/h11H,1-10,14H2. The average molecular weight is 225 g/mol. The van der Waals surface area contributed by atoms with Gasteiger partial charge in [0, 0.05) is 31.6 Å². The summed E-state index contributed by atoms with van der Waals surface area (Å²) in [5, 5.41) is 0. The molecule has 0 aromatic carbocycles. The van der Waals surface area contributed by atoms with E-state index in [4.69, 9.17) is 10.5 Å². The minimum atomic E-state index is -0.154. The maximum Gasteiger partial charge on any atom is 0.140 e. The summed E-state index contributed by atoms with van der Waals surface area (Å²) < 4.78 is 5.32. The van der Waals surface area contributed by atoms with Gasteiger partial charge in [0.25, 0.3) is 0 Å². The lowest BCUT2D eigenvalue weighted by Crippen LogP contribution is -2.37. The van der Waals surface area contributed by atoms with Gasteiger partial charge in [-0.2, -0.15) is 0 Å². The summed E-state index contributed by atoms with van der Waals surface area (Å²) >= 11 is 0. The third-order valence-corrected chi connectivity index (χ3v) is 4.36. The van der Waals surface area contributed by atoms with Crippen molar-refractivity contribution in [2.24, 2.45) is 17.1 Å². The summed E-state index contributed by atoms with van der Waals surface area (Å²) in [4.78, 5) is 12.3. The lowest BCUT2D eigenvalue weighted by molar-refractivity contribution is -0.129. The molecule has 1 aliphatic carbocycles. The number of hydrogen-bond donors (Lipinski definition) is 1. The molecule has 1 aliphatic heterocycles. The Balaban J connectivity index is 1.90. The second kappa shape index (κ2) is 5.28. The van der Waals surface area contributed by atoms with Crippen LogP contribution in [0.3, 0.4) is 0 Å². The van der Waals surface area contributed by atoms with Gasteiger partial charge in [0.15, 0.2) is 0 Å². The van der Waals surface area contributed by atoms with Crippen molar-refractivity contribution in [3.8, 4) is 0 Å². The van der Waals surface area contributed by atoms with Crippen LogP contribution in [0.1, 0.15) is 44.9 Å². The normalized spacial score (nSPS) is 25.8. The molecule has 92 valence electrons. The predicted molar refractivity (Wildman–Crippen MR) is 63.1 cm³/mol. The van der Waals surface area contributed by atoms with Gasteiger partial charge in [-0.05, 0) is 31.6 Å². The van der Waals surface area contributed by atoms with E-state index in [0.717, 1.165) is 45.3 Å². The van der Waals surface area contributed by atoms with E-state index in [1.165, 1.54) is 12.8 Å². The van der Waals surface area contributed by atoms with Crippen LogP contribution in [-0.4, -0.2) is 25.5 Å². The second-order valence-corrected chi connectivity index (χ2v) is 5.37. The zero-order chi connectivity index (χ0) is 11.4. The van der Waals surface area contributed by atoms with E-state index in [1.807, 2.05) is 0 Å². The molecular weight excluding hydrogens is 202 g/mol. The minimum absolute atomic E-state index is 0.154. The first kappa shape index (κ1) is 12.1. The van der Waals surface area contributed by atoms with Crippen LogP contribution in [0.2, 0.25) is 0 Å². The molecule has 0 bridgehead atoms. The Morgan fingerprint density at radius 1 is 1.25 bits per heavy atom. The molecule has 2 rings (SSSR count). The molecular formula is C13H23NO2. The van der Waals surface area contributed by atoms with Crippen molar-refractivity contribution in [2.75, 3.05) is 19.8 Å². The van der Waals surface area contributed by atoms with E-state index in [2.05, 4.69) is 0 Å². The molecule has 0 amide bonds. The van der Waals surface area contributed by atoms with Crippen LogP contribution in [0.15, 0.2) is 0 Å². The minimum Gasteiger partial charge on any atom is -0.381 e. The molecule has 0 spiro atoms. The van der Waals surface area contributed by atoms with Crippen molar-refractivity contribution in [3.05, 3.63) is 0 Å². The van der Waals surface area contributed by atoms with Gasteiger partial charge in [0.05, 0.1) is 0 Å². The van der Waals surface area contributed by atoms with E-state index in [9.17, 15) is 4.79 Å². The highest BCUT2D eigenvalue weighted by Gasteiger charge is 2.39. The quantitative estimate of drug-likeness (QED) is 0.795. The van der Waals surface area contributed by atoms with E-state index < -0.39 is 0 Å². The van der Waals surface area contributed by atoms with Gasteiger partial charge in [0.1, 0.15) is 5.78 Å². The van der Waals surface area contributed by atoms with E-state index in [1.54, 1.807) is 0 Å². The zero-order valence-electron chi connectivity index (χ0n) is 10.0. The van der Waals surface area contributed by atoms with Gasteiger partial charge in [-0.3, -0.25) is 4.79 Å². The SMILES string of the molecule is NCC1(C(=O)CC2CCOCC2)CCCC1. The predicted octanol–water partition coefficient (Wildman–Crippen LogP) is 1.89. The van der Waals surface area contributed by atoms with Gasteiger partial charge in [-0.15, -0.1) is 0 Å². The molecule has 0 atom stereocenters. The number of carbonyl (C=O) groups is 1. The van der Waals surface area contributed by atoms with Gasteiger partial charge in [0.2, 0.25) is 0 Å². The van der Waals surface area contributed by atoms with Crippen molar-refractivity contribution in [3.63, 3.8) is 0 Å². The molecule has 1 saturated heterocycles. The Labute approximate surface area is 97.7 Å². The topological polar surface area (TPSA) is 52.3 Å². The molecule has 2 aliphatic rings. The summed E-state index contributed by atoms with van der Waals surface area (Å²) in [6.45, 7) is 2.20. The molecule has 16 heavy (non-hydrogen) atoms. The number of carbonyl (C=O) groups excluding carboxylic acids is 1. The fourth-order valence-corrected chi connectivity index (χ4v) is 3.08. The van der Waals surface area contributed by atoms with Crippen LogP contribution in [-0.2, 0) is 9.53 Å². The smallest absolute Gasteiger partial charge is 0.140 e. The monoisotopic (exact) mass is 225 g/mol. The fraction of sp³-hybridized carbons (Fsp3) is 0.923. The van der Waals surface area contributed by atoms with Crippen LogP contribution in [0.5, 0.6) is 0 Å². The maximum absolute atomic E-state index is 12.3. The van der Waals surface area contributed by atoms with Gasteiger partial charge >= 0.3 is 0 Å². The van der Waals surface area contributed by atoms with Gasteiger partial charge in [-0.1, -0.05) is 12.8 Å². The molecule has 0 aromatic heterocycles. The Hall–Kier alpha value is -0.410. The molecule has 0 radical (unpaired) electrons. The first-order chi connectivity index (χ1) is 7.77. The summed E-state index contributed by atoms with van der Waals surface area (Å²) in [5.74, 6) is 0.977. The van der Waals surface area contributed by atoms with Crippen LogP contribution >= 0.6 is 0 Å². The molecule has 1 heterocycles. The number of Topliss-reactive ketones (excluding diaryl/α,β-unsaturated/α-hetero) is 1. The Morgan fingerprint density at radius 2 is 1.88 bits per heavy atom. The molecule has 2 N–H and O–H groups in total. The van der Waals surface area contributed by atoms with E-state index >= 15 is 0 Å².